The number of piperidine rings is 1. The lowest BCUT2D eigenvalue weighted by Crippen LogP contribution is -2.48. The largest absolute Gasteiger partial charge is 0.311 e. The highest BCUT2D eigenvalue weighted by Gasteiger charge is 2.35. The monoisotopic (exact) mass is 293 g/mol. The highest BCUT2D eigenvalue weighted by Crippen LogP contribution is 2.30. The first kappa shape index (κ1) is 14.3. The Hall–Kier alpha value is -0.640. The summed E-state index contributed by atoms with van der Waals surface area (Å²) in [7, 11) is 0. The molecule has 110 valence electrons. The third kappa shape index (κ3) is 3.33. The average Bonchev–Trinajstić information content (AvgIpc) is 2.77. The maximum Gasteiger partial charge on any atom is 0.129 e. The van der Waals surface area contributed by atoms with Crippen LogP contribution >= 0.6 is 11.6 Å². The number of aromatic nitrogens is 1. The predicted molar refractivity (Wildman–Crippen MR) is 82.9 cm³/mol. The molecular weight excluding hydrogens is 270 g/mol. The maximum absolute atomic E-state index is 6.01. The highest BCUT2D eigenvalue weighted by molar-refractivity contribution is 6.29. The Labute approximate surface area is 126 Å². The molecule has 3 heterocycles. The van der Waals surface area contributed by atoms with Crippen LogP contribution in [0.4, 0.5) is 0 Å². The molecule has 4 heteroatoms. The van der Waals surface area contributed by atoms with Gasteiger partial charge in [-0.3, -0.25) is 4.90 Å². The Morgan fingerprint density at radius 1 is 1.35 bits per heavy atom. The number of pyridine rings is 1. The molecule has 2 aliphatic rings. The van der Waals surface area contributed by atoms with Gasteiger partial charge in [-0.2, -0.15) is 0 Å². The minimum atomic E-state index is 0.601. The summed E-state index contributed by atoms with van der Waals surface area (Å²) in [6.45, 7) is 4.44. The van der Waals surface area contributed by atoms with Crippen molar-refractivity contribution in [3.05, 3.63) is 29.0 Å². The topological polar surface area (TPSA) is 28.2 Å². The first-order valence-electron chi connectivity index (χ1n) is 7.85. The van der Waals surface area contributed by atoms with E-state index in [4.69, 9.17) is 11.6 Å². The van der Waals surface area contributed by atoms with Crippen LogP contribution in [0.25, 0.3) is 0 Å². The summed E-state index contributed by atoms with van der Waals surface area (Å²) in [5.41, 5.74) is 1.28. The number of fused-ring (bicyclic) bond motifs is 2. The van der Waals surface area contributed by atoms with Crippen molar-refractivity contribution in [3.63, 3.8) is 0 Å². The molecule has 2 unspecified atom stereocenters. The molecule has 3 nitrogen and oxygen atoms in total. The Bertz CT molecular complexity index is 439. The van der Waals surface area contributed by atoms with E-state index in [-0.39, 0.29) is 0 Å². The van der Waals surface area contributed by atoms with Crippen molar-refractivity contribution in [1.29, 1.82) is 0 Å². The van der Waals surface area contributed by atoms with E-state index in [2.05, 4.69) is 28.2 Å². The van der Waals surface area contributed by atoms with Crippen LogP contribution in [0.3, 0.4) is 0 Å². The molecule has 2 atom stereocenters. The molecule has 2 saturated heterocycles. The van der Waals surface area contributed by atoms with Gasteiger partial charge in [0.2, 0.25) is 0 Å². The van der Waals surface area contributed by atoms with Crippen LogP contribution in [0.5, 0.6) is 0 Å². The zero-order valence-corrected chi connectivity index (χ0v) is 12.9. The van der Waals surface area contributed by atoms with Crippen molar-refractivity contribution in [2.24, 2.45) is 0 Å². The SMILES string of the molecule is CCCN(Cc1ccnc(Cl)c1)C1CC2CCC(C1)N2. The minimum Gasteiger partial charge on any atom is -0.311 e. The summed E-state index contributed by atoms with van der Waals surface area (Å²) in [6.07, 6.45) is 8.35. The van der Waals surface area contributed by atoms with Crippen LogP contribution in [0.15, 0.2) is 18.3 Å². The molecular formula is C16H24ClN3. The van der Waals surface area contributed by atoms with E-state index in [0.717, 1.165) is 24.7 Å². The van der Waals surface area contributed by atoms with Crippen LogP contribution in [-0.4, -0.2) is 34.6 Å². The van der Waals surface area contributed by atoms with Gasteiger partial charge in [0.05, 0.1) is 0 Å². The first-order chi connectivity index (χ1) is 9.74. The normalized spacial score (nSPS) is 29.1. The van der Waals surface area contributed by atoms with E-state index in [1.165, 1.54) is 44.2 Å². The molecule has 1 N–H and O–H groups in total. The fraction of sp³-hybridized carbons (Fsp3) is 0.688. The van der Waals surface area contributed by atoms with Crippen molar-refractivity contribution in [2.75, 3.05) is 6.54 Å². The van der Waals surface area contributed by atoms with Gasteiger partial charge in [0.15, 0.2) is 0 Å². The van der Waals surface area contributed by atoms with Crippen molar-refractivity contribution >= 4 is 11.6 Å². The Balaban J connectivity index is 1.69. The molecule has 20 heavy (non-hydrogen) atoms. The fourth-order valence-electron chi connectivity index (χ4n) is 3.78. The van der Waals surface area contributed by atoms with Gasteiger partial charge >= 0.3 is 0 Å². The third-order valence-corrected chi connectivity index (χ3v) is 4.86. The molecule has 2 fully saturated rings. The van der Waals surface area contributed by atoms with Gasteiger partial charge in [-0.1, -0.05) is 18.5 Å². The van der Waals surface area contributed by atoms with Gasteiger partial charge in [-0.05, 0) is 56.3 Å². The van der Waals surface area contributed by atoms with Crippen LogP contribution < -0.4 is 5.32 Å². The molecule has 2 bridgehead atoms. The van der Waals surface area contributed by atoms with E-state index >= 15 is 0 Å². The zero-order valence-electron chi connectivity index (χ0n) is 12.2. The number of hydrogen-bond acceptors (Lipinski definition) is 3. The molecule has 0 saturated carbocycles. The lowest BCUT2D eigenvalue weighted by Gasteiger charge is -2.37. The van der Waals surface area contributed by atoms with Crippen LogP contribution in [0.2, 0.25) is 5.15 Å². The zero-order chi connectivity index (χ0) is 13.9. The Morgan fingerprint density at radius 3 is 2.75 bits per heavy atom. The minimum absolute atomic E-state index is 0.601. The number of halogens is 1. The standard InChI is InChI=1S/C16H24ClN3/c1-2-7-20(11-12-5-6-18-16(17)8-12)15-9-13-3-4-14(10-15)19-13/h5-6,8,13-15,19H,2-4,7,9-11H2,1H3. The molecule has 2 aliphatic heterocycles. The summed E-state index contributed by atoms with van der Waals surface area (Å²) in [5, 5.41) is 4.33. The summed E-state index contributed by atoms with van der Waals surface area (Å²) in [5.74, 6) is 0. The third-order valence-electron chi connectivity index (χ3n) is 4.65. The summed E-state index contributed by atoms with van der Waals surface area (Å²) in [6, 6.07) is 6.31. The lowest BCUT2D eigenvalue weighted by molar-refractivity contribution is 0.134. The van der Waals surface area contributed by atoms with Gasteiger partial charge < -0.3 is 5.32 Å². The molecule has 0 spiro atoms. The van der Waals surface area contributed by atoms with Crippen molar-refractivity contribution in [3.8, 4) is 0 Å². The number of rotatable bonds is 5. The van der Waals surface area contributed by atoms with E-state index < -0.39 is 0 Å². The number of hydrogen-bond donors (Lipinski definition) is 1. The van der Waals surface area contributed by atoms with Crippen LogP contribution in [0.1, 0.15) is 44.6 Å². The molecule has 0 aliphatic carbocycles. The Kier molecular flexibility index (Phi) is 4.59. The first-order valence-corrected chi connectivity index (χ1v) is 8.23. The van der Waals surface area contributed by atoms with E-state index in [0.29, 0.717) is 5.15 Å². The van der Waals surface area contributed by atoms with Crippen molar-refractivity contribution in [1.82, 2.24) is 15.2 Å². The lowest BCUT2D eigenvalue weighted by atomic mass is 9.97. The molecule has 3 rings (SSSR count). The van der Waals surface area contributed by atoms with Gasteiger partial charge in [-0.25, -0.2) is 4.98 Å². The summed E-state index contributed by atoms with van der Waals surface area (Å²) < 4.78 is 0. The highest BCUT2D eigenvalue weighted by atomic mass is 35.5. The number of nitrogens with one attached hydrogen (secondary N) is 1. The van der Waals surface area contributed by atoms with E-state index in [1.807, 2.05) is 12.3 Å². The van der Waals surface area contributed by atoms with Crippen molar-refractivity contribution < 1.29 is 0 Å². The molecule has 1 aromatic heterocycles. The van der Waals surface area contributed by atoms with Gasteiger partial charge in [0.1, 0.15) is 5.15 Å². The van der Waals surface area contributed by atoms with Gasteiger partial charge in [-0.15, -0.1) is 0 Å². The molecule has 0 amide bonds. The second-order valence-corrected chi connectivity index (χ2v) is 6.61. The van der Waals surface area contributed by atoms with Crippen LogP contribution in [0, 0.1) is 0 Å². The fourth-order valence-corrected chi connectivity index (χ4v) is 3.98. The second kappa shape index (κ2) is 6.42. The van der Waals surface area contributed by atoms with Crippen LogP contribution in [-0.2, 0) is 6.54 Å². The molecule has 0 radical (unpaired) electrons. The quantitative estimate of drug-likeness (QED) is 0.845. The van der Waals surface area contributed by atoms with Gasteiger partial charge in [0, 0.05) is 30.9 Å². The van der Waals surface area contributed by atoms with Gasteiger partial charge in [0.25, 0.3) is 0 Å². The summed E-state index contributed by atoms with van der Waals surface area (Å²) >= 11 is 6.01. The second-order valence-electron chi connectivity index (χ2n) is 6.22. The van der Waals surface area contributed by atoms with Crippen molar-refractivity contribution in [2.45, 2.75) is 63.7 Å². The average molecular weight is 294 g/mol. The molecule has 0 aromatic carbocycles. The smallest absolute Gasteiger partial charge is 0.129 e. The van der Waals surface area contributed by atoms with E-state index in [1.54, 1.807) is 0 Å². The van der Waals surface area contributed by atoms with E-state index in [9.17, 15) is 0 Å². The summed E-state index contributed by atoms with van der Waals surface area (Å²) in [4.78, 5) is 6.73. The number of nitrogens with zero attached hydrogens (tertiary/aromatic N) is 2. The molecule has 1 aromatic rings. The maximum atomic E-state index is 6.01. The Morgan fingerprint density at radius 2 is 2.10 bits per heavy atom. The predicted octanol–water partition coefficient (Wildman–Crippen LogP) is 3.23.